The third-order valence-corrected chi connectivity index (χ3v) is 3.42. The second-order valence-corrected chi connectivity index (χ2v) is 4.83. The van der Waals surface area contributed by atoms with E-state index in [1.165, 1.54) is 12.4 Å². The number of piperidine rings is 1. The summed E-state index contributed by atoms with van der Waals surface area (Å²) in [6.07, 6.45) is 5.38. The molecule has 0 bridgehead atoms. The topological polar surface area (TPSA) is 83.4 Å². The van der Waals surface area contributed by atoms with Crippen molar-refractivity contribution in [3.63, 3.8) is 0 Å². The highest BCUT2D eigenvalue weighted by Crippen LogP contribution is 2.21. The van der Waals surface area contributed by atoms with E-state index in [2.05, 4.69) is 9.97 Å². The molecule has 0 saturated carbocycles. The molecule has 0 unspecified atom stereocenters. The van der Waals surface area contributed by atoms with Gasteiger partial charge in [0.15, 0.2) is 5.69 Å². The maximum absolute atomic E-state index is 11.4. The van der Waals surface area contributed by atoms with Gasteiger partial charge in [-0.15, -0.1) is 0 Å². The normalized spacial score (nSPS) is 19.2. The first-order chi connectivity index (χ1) is 9.08. The number of carbonyl (C=O) groups excluding carboxylic acids is 1. The molecule has 6 heteroatoms. The molecule has 2 rings (SSSR count). The van der Waals surface area contributed by atoms with Crippen LogP contribution < -0.4 is 0 Å². The van der Waals surface area contributed by atoms with Gasteiger partial charge in [-0.25, -0.2) is 9.78 Å². The molecule has 0 aromatic carbocycles. The Morgan fingerprint density at radius 3 is 2.84 bits per heavy atom. The number of hydrogen-bond donors (Lipinski definition) is 1. The molecular weight excluding hydrogens is 246 g/mol. The number of carboxylic acids is 1. The SMILES string of the molecule is CC(=O)N1CCC[C@H](Cc2nccnc2C(=O)O)C1. The average Bonchev–Trinajstić information content (AvgIpc) is 2.39. The van der Waals surface area contributed by atoms with Gasteiger partial charge in [-0.2, -0.15) is 0 Å². The summed E-state index contributed by atoms with van der Waals surface area (Å²) in [5.41, 5.74) is 0.521. The summed E-state index contributed by atoms with van der Waals surface area (Å²) in [6.45, 7) is 3.02. The third-order valence-electron chi connectivity index (χ3n) is 3.42. The number of carbonyl (C=O) groups is 2. The third kappa shape index (κ3) is 3.27. The first kappa shape index (κ1) is 13.5. The van der Waals surface area contributed by atoms with Crippen molar-refractivity contribution in [3.8, 4) is 0 Å². The fourth-order valence-corrected chi connectivity index (χ4v) is 2.49. The lowest BCUT2D eigenvalue weighted by Gasteiger charge is -2.32. The lowest BCUT2D eigenvalue weighted by atomic mass is 9.92. The zero-order chi connectivity index (χ0) is 13.8. The Hall–Kier alpha value is -1.98. The first-order valence-electron chi connectivity index (χ1n) is 6.36. The van der Waals surface area contributed by atoms with Crippen LogP contribution in [0.2, 0.25) is 0 Å². The van der Waals surface area contributed by atoms with Crippen LogP contribution in [0.1, 0.15) is 35.9 Å². The van der Waals surface area contributed by atoms with E-state index < -0.39 is 5.97 Å². The number of aromatic carboxylic acids is 1. The van der Waals surface area contributed by atoms with Crippen molar-refractivity contribution >= 4 is 11.9 Å². The number of hydrogen-bond acceptors (Lipinski definition) is 4. The summed E-state index contributed by atoms with van der Waals surface area (Å²) in [5.74, 6) is -0.725. The molecule has 1 N–H and O–H groups in total. The Bertz CT molecular complexity index is 490. The molecule has 1 aliphatic rings. The van der Waals surface area contributed by atoms with Crippen LogP contribution in [0.5, 0.6) is 0 Å². The molecule has 19 heavy (non-hydrogen) atoms. The summed E-state index contributed by atoms with van der Waals surface area (Å²) >= 11 is 0. The van der Waals surface area contributed by atoms with Gasteiger partial charge in [0, 0.05) is 32.4 Å². The van der Waals surface area contributed by atoms with Crippen molar-refractivity contribution in [1.82, 2.24) is 14.9 Å². The molecule has 6 nitrogen and oxygen atoms in total. The molecule has 1 saturated heterocycles. The molecule has 2 heterocycles. The van der Waals surface area contributed by atoms with Gasteiger partial charge < -0.3 is 10.0 Å². The summed E-state index contributed by atoms with van der Waals surface area (Å²) in [4.78, 5) is 32.2. The molecule has 102 valence electrons. The van der Waals surface area contributed by atoms with E-state index in [1.54, 1.807) is 6.92 Å². The van der Waals surface area contributed by atoms with E-state index in [9.17, 15) is 9.59 Å². The quantitative estimate of drug-likeness (QED) is 0.878. The van der Waals surface area contributed by atoms with Crippen molar-refractivity contribution in [3.05, 3.63) is 23.8 Å². The molecule has 0 spiro atoms. The minimum Gasteiger partial charge on any atom is -0.476 e. The molecule has 1 amide bonds. The van der Waals surface area contributed by atoms with Gasteiger partial charge in [-0.1, -0.05) is 0 Å². The van der Waals surface area contributed by atoms with E-state index in [0.29, 0.717) is 18.7 Å². The van der Waals surface area contributed by atoms with Crippen LogP contribution in [0, 0.1) is 5.92 Å². The summed E-state index contributed by atoms with van der Waals surface area (Å²) in [5, 5.41) is 9.07. The van der Waals surface area contributed by atoms with Gasteiger partial charge >= 0.3 is 5.97 Å². The van der Waals surface area contributed by atoms with Crippen LogP contribution in [-0.2, 0) is 11.2 Å². The van der Waals surface area contributed by atoms with Gasteiger partial charge in [-0.05, 0) is 25.2 Å². The van der Waals surface area contributed by atoms with Crippen molar-refractivity contribution in [2.75, 3.05) is 13.1 Å². The predicted molar refractivity (Wildman–Crippen MR) is 67.7 cm³/mol. The second-order valence-electron chi connectivity index (χ2n) is 4.83. The van der Waals surface area contributed by atoms with Gasteiger partial charge in [0.05, 0.1) is 5.69 Å². The summed E-state index contributed by atoms with van der Waals surface area (Å²) in [7, 11) is 0. The second kappa shape index (κ2) is 5.77. The molecule has 1 fully saturated rings. The molecule has 1 aromatic heterocycles. The van der Waals surface area contributed by atoms with Crippen LogP contribution in [-0.4, -0.2) is 44.9 Å². The monoisotopic (exact) mass is 263 g/mol. The van der Waals surface area contributed by atoms with Gasteiger partial charge in [0.25, 0.3) is 0 Å². The zero-order valence-corrected chi connectivity index (χ0v) is 10.9. The highest BCUT2D eigenvalue weighted by molar-refractivity contribution is 5.86. The number of rotatable bonds is 3. The Kier molecular flexibility index (Phi) is 4.09. The number of aromatic nitrogens is 2. The Labute approximate surface area is 111 Å². The molecule has 1 atom stereocenters. The van der Waals surface area contributed by atoms with Gasteiger partial charge in [0.2, 0.25) is 5.91 Å². The number of carboxylic acid groups (broad SMARTS) is 1. The Morgan fingerprint density at radius 1 is 1.42 bits per heavy atom. The zero-order valence-electron chi connectivity index (χ0n) is 10.9. The molecule has 1 aromatic rings. The predicted octanol–water partition coefficient (Wildman–Crippen LogP) is 0.976. The van der Waals surface area contributed by atoms with Crippen molar-refractivity contribution in [2.45, 2.75) is 26.2 Å². The van der Waals surface area contributed by atoms with Crippen LogP contribution >= 0.6 is 0 Å². The molecule has 0 aliphatic carbocycles. The Balaban J connectivity index is 2.09. The van der Waals surface area contributed by atoms with Crippen LogP contribution in [0.15, 0.2) is 12.4 Å². The van der Waals surface area contributed by atoms with E-state index >= 15 is 0 Å². The standard InChI is InChI=1S/C13H17N3O3/c1-9(17)16-6-2-3-10(8-16)7-11-12(13(18)19)15-5-4-14-11/h4-5,10H,2-3,6-8H2,1H3,(H,18,19)/t10-/m1/s1. The fraction of sp³-hybridized carbons (Fsp3) is 0.538. The summed E-state index contributed by atoms with van der Waals surface area (Å²) in [6, 6.07) is 0. The number of nitrogens with zero attached hydrogens (tertiary/aromatic N) is 3. The number of amides is 1. The first-order valence-corrected chi connectivity index (χ1v) is 6.36. The average molecular weight is 263 g/mol. The maximum atomic E-state index is 11.4. The largest absolute Gasteiger partial charge is 0.476 e. The van der Waals surface area contributed by atoms with E-state index in [0.717, 1.165) is 19.4 Å². The minimum atomic E-state index is -1.05. The molecule has 0 radical (unpaired) electrons. The van der Waals surface area contributed by atoms with E-state index in [1.807, 2.05) is 4.90 Å². The van der Waals surface area contributed by atoms with Crippen molar-refractivity contribution in [1.29, 1.82) is 0 Å². The summed E-state index contributed by atoms with van der Waals surface area (Å²) < 4.78 is 0. The molecule has 1 aliphatic heterocycles. The highest BCUT2D eigenvalue weighted by Gasteiger charge is 2.24. The van der Waals surface area contributed by atoms with E-state index in [-0.39, 0.29) is 17.5 Å². The lowest BCUT2D eigenvalue weighted by molar-refractivity contribution is -0.130. The van der Waals surface area contributed by atoms with Crippen LogP contribution in [0.25, 0.3) is 0 Å². The van der Waals surface area contributed by atoms with Crippen LogP contribution in [0.4, 0.5) is 0 Å². The van der Waals surface area contributed by atoms with Crippen molar-refractivity contribution < 1.29 is 14.7 Å². The highest BCUT2D eigenvalue weighted by atomic mass is 16.4. The van der Waals surface area contributed by atoms with Gasteiger partial charge in [0.1, 0.15) is 0 Å². The fourth-order valence-electron chi connectivity index (χ4n) is 2.49. The van der Waals surface area contributed by atoms with E-state index in [4.69, 9.17) is 5.11 Å². The van der Waals surface area contributed by atoms with Crippen molar-refractivity contribution in [2.24, 2.45) is 5.92 Å². The maximum Gasteiger partial charge on any atom is 0.356 e. The van der Waals surface area contributed by atoms with Crippen LogP contribution in [0.3, 0.4) is 0 Å². The van der Waals surface area contributed by atoms with Gasteiger partial charge in [-0.3, -0.25) is 9.78 Å². The number of likely N-dealkylation sites (tertiary alicyclic amines) is 1. The minimum absolute atomic E-state index is 0.0162. The smallest absolute Gasteiger partial charge is 0.356 e. The lowest BCUT2D eigenvalue weighted by Crippen LogP contribution is -2.39. The Morgan fingerprint density at radius 2 is 2.16 bits per heavy atom. The molecular formula is C13H17N3O3.